The Morgan fingerprint density at radius 3 is 2.59 bits per heavy atom. The number of piperidine rings is 1. The lowest BCUT2D eigenvalue weighted by atomic mass is 9.92. The number of hydrogen-bond donors (Lipinski definition) is 1. The molecule has 4 heterocycles. The summed E-state index contributed by atoms with van der Waals surface area (Å²) < 4.78 is 55.9. The van der Waals surface area contributed by atoms with Crippen LogP contribution in [0.15, 0.2) is 24.4 Å². The lowest BCUT2D eigenvalue weighted by molar-refractivity contribution is -0.139. The van der Waals surface area contributed by atoms with Crippen molar-refractivity contribution in [3.63, 3.8) is 0 Å². The molecule has 2 aliphatic heterocycles. The first-order valence-corrected chi connectivity index (χ1v) is 12.9. The molecule has 0 unspecified atom stereocenters. The molecule has 1 N–H and O–H groups in total. The van der Waals surface area contributed by atoms with E-state index in [2.05, 4.69) is 4.98 Å². The van der Waals surface area contributed by atoms with E-state index in [0.717, 1.165) is 24.1 Å². The van der Waals surface area contributed by atoms with Crippen molar-refractivity contribution < 1.29 is 32.3 Å². The number of carboxylic acids is 1. The lowest BCUT2D eigenvalue weighted by Crippen LogP contribution is -2.40. The molecule has 0 saturated carbocycles. The zero-order valence-electron chi connectivity index (χ0n) is 19.9. The van der Waals surface area contributed by atoms with Crippen molar-refractivity contribution in [3.05, 3.63) is 51.4 Å². The summed E-state index contributed by atoms with van der Waals surface area (Å²) in [5.74, 6) is -1.17. The van der Waals surface area contributed by atoms with Gasteiger partial charge in [-0.05, 0) is 49.9 Å². The second-order valence-electron chi connectivity index (χ2n) is 9.66. The molecule has 5 rings (SSSR count). The third-order valence-electron chi connectivity index (χ3n) is 7.22. The summed E-state index contributed by atoms with van der Waals surface area (Å²) >= 11 is 0.537. The standard InChI is InChI=1S/C25H26F4N4O3S/c26-19-3-1-2-18-17-6-9-32(21(34)10-15-4-7-31(8-5-15)14-22(35)36)13-20(17)33(23(18)19)12-16-11-30-24(37-16)25(27,28)29/h1-3,11,15H,4-10,12-14H2,(H,35,36). The molecule has 0 aliphatic carbocycles. The van der Waals surface area contributed by atoms with Gasteiger partial charge in [0.15, 0.2) is 5.01 Å². The number of amides is 1. The van der Waals surface area contributed by atoms with E-state index < -0.39 is 23.0 Å². The number of hydrogen-bond acceptors (Lipinski definition) is 5. The highest BCUT2D eigenvalue weighted by atomic mass is 32.1. The number of aliphatic carboxylic acids is 1. The smallest absolute Gasteiger partial charge is 0.443 e. The molecule has 2 aliphatic rings. The highest BCUT2D eigenvalue weighted by molar-refractivity contribution is 7.11. The summed E-state index contributed by atoms with van der Waals surface area (Å²) in [4.78, 5) is 31.6. The van der Waals surface area contributed by atoms with Gasteiger partial charge < -0.3 is 14.6 Å². The molecule has 0 atom stereocenters. The third kappa shape index (κ3) is 5.35. The quantitative estimate of drug-likeness (QED) is 0.472. The average Bonchev–Trinajstić information content (AvgIpc) is 3.44. The Kier molecular flexibility index (Phi) is 6.97. The molecule has 0 bridgehead atoms. The highest BCUT2D eigenvalue weighted by Crippen LogP contribution is 2.36. The summed E-state index contributed by atoms with van der Waals surface area (Å²) in [6.07, 6.45) is -0.989. The second kappa shape index (κ2) is 10.1. The minimum Gasteiger partial charge on any atom is -0.480 e. The van der Waals surface area contributed by atoms with Crippen molar-refractivity contribution in [1.82, 2.24) is 19.4 Å². The molecule has 1 saturated heterocycles. The van der Waals surface area contributed by atoms with Crippen molar-refractivity contribution in [1.29, 1.82) is 0 Å². The van der Waals surface area contributed by atoms with Gasteiger partial charge in [0.1, 0.15) is 5.82 Å². The van der Waals surface area contributed by atoms with Gasteiger partial charge in [0, 0.05) is 35.1 Å². The van der Waals surface area contributed by atoms with Gasteiger partial charge in [-0.1, -0.05) is 12.1 Å². The summed E-state index contributed by atoms with van der Waals surface area (Å²) in [6, 6.07) is 4.76. The highest BCUT2D eigenvalue weighted by Gasteiger charge is 2.35. The number of rotatable bonds is 6. The number of carboxylic acid groups (broad SMARTS) is 1. The summed E-state index contributed by atoms with van der Waals surface area (Å²) in [5.41, 5.74) is 1.98. The number of carbonyl (C=O) groups excluding carboxylic acids is 1. The number of para-hydroxylation sites is 1. The SMILES string of the molecule is O=C(O)CN1CCC(CC(=O)N2CCc3c(n(Cc4cnc(C(F)(F)F)s4)c4c(F)cccc34)C2)CC1. The maximum Gasteiger partial charge on any atom is 0.443 e. The molecule has 1 fully saturated rings. The number of aromatic nitrogens is 2. The van der Waals surface area contributed by atoms with Crippen LogP contribution >= 0.6 is 11.3 Å². The van der Waals surface area contributed by atoms with E-state index in [1.807, 2.05) is 11.0 Å². The van der Waals surface area contributed by atoms with Crippen LogP contribution in [0.3, 0.4) is 0 Å². The molecule has 0 radical (unpaired) electrons. The summed E-state index contributed by atoms with van der Waals surface area (Å²) in [5, 5.41) is 8.74. The fourth-order valence-corrected chi connectivity index (χ4v) is 6.19. The Bertz CT molecular complexity index is 1330. The predicted molar refractivity (Wildman–Crippen MR) is 129 cm³/mol. The zero-order chi connectivity index (χ0) is 26.3. The van der Waals surface area contributed by atoms with Gasteiger partial charge in [0.05, 0.1) is 25.2 Å². The Hall–Kier alpha value is -2.99. The van der Waals surface area contributed by atoms with Gasteiger partial charge in [0.2, 0.25) is 5.91 Å². The molecular weight excluding hydrogens is 512 g/mol. The Labute approximate surface area is 214 Å². The van der Waals surface area contributed by atoms with E-state index in [4.69, 9.17) is 5.11 Å². The molecule has 1 aromatic carbocycles. The van der Waals surface area contributed by atoms with Gasteiger partial charge in [-0.2, -0.15) is 13.2 Å². The predicted octanol–water partition coefficient (Wildman–Crippen LogP) is 4.38. The number of nitrogens with zero attached hydrogens (tertiary/aromatic N) is 4. The average molecular weight is 539 g/mol. The van der Waals surface area contributed by atoms with E-state index in [1.54, 1.807) is 15.5 Å². The van der Waals surface area contributed by atoms with E-state index in [1.165, 1.54) is 12.3 Å². The van der Waals surface area contributed by atoms with Crippen molar-refractivity contribution in [2.75, 3.05) is 26.2 Å². The number of carbonyl (C=O) groups is 2. The van der Waals surface area contributed by atoms with Crippen LogP contribution in [0.25, 0.3) is 10.9 Å². The Morgan fingerprint density at radius 1 is 1.16 bits per heavy atom. The van der Waals surface area contributed by atoms with Gasteiger partial charge in [-0.25, -0.2) is 9.37 Å². The van der Waals surface area contributed by atoms with Crippen LogP contribution in [0.4, 0.5) is 17.6 Å². The Balaban J connectivity index is 1.35. The van der Waals surface area contributed by atoms with Gasteiger partial charge >= 0.3 is 12.1 Å². The molecular formula is C25H26F4N4O3S. The van der Waals surface area contributed by atoms with Crippen LogP contribution in [0.5, 0.6) is 0 Å². The summed E-state index contributed by atoms with van der Waals surface area (Å²) in [7, 11) is 0. The van der Waals surface area contributed by atoms with Crippen LogP contribution in [-0.2, 0) is 35.3 Å². The normalized spacial score (nSPS) is 17.4. The molecule has 1 amide bonds. The van der Waals surface area contributed by atoms with Crippen molar-refractivity contribution >= 4 is 34.1 Å². The van der Waals surface area contributed by atoms with E-state index in [-0.39, 0.29) is 31.5 Å². The van der Waals surface area contributed by atoms with Crippen molar-refractivity contribution in [3.8, 4) is 0 Å². The van der Waals surface area contributed by atoms with Crippen LogP contribution in [0, 0.1) is 11.7 Å². The van der Waals surface area contributed by atoms with Crippen LogP contribution in [0.1, 0.15) is 40.4 Å². The van der Waals surface area contributed by atoms with E-state index in [0.29, 0.717) is 59.6 Å². The Morgan fingerprint density at radius 2 is 1.92 bits per heavy atom. The zero-order valence-corrected chi connectivity index (χ0v) is 20.7. The van der Waals surface area contributed by atoms with E-state index in [9.17, 15) is 27.2 Å². The molecule has 3 aromatic rings. The number of thiazole rings is 1. The first-order chi connectivity index (χ1) is 17.6. The van der Waals surface area contributed by atoms with Crippen LogP contribution in [0.2, 0.25) is 0 Å². The maximum absolute atomic E-state index is 15.0. The van der Waals surface area contributed by atoms with Crippen molar-refractivity contribution in [2.24, 2.45) is 5.92 Å². The molecule has 0 spiro atoms. The fraction of sp³-hybridized carbons (Fsp3) is 0.480. The largest absolute Gasteiger partial charge is 0.480 e. The lowest BCUT2D eigenvalue weighted by Gasteiger charge is -2.33. The molecule has 2 aromatic heterocycles. The molecule has 7 nitrogen and oxygen atoms in total. The number of benzene rings is 1. The van der Waals surface area contributed by atoms with Gasteiger partial charge in [-0.3, -0.25) is 14.5 Å². The molecule has 37 heavy (non-hydrogen) atoms. The summed E-state index contributed by atoms with van der Waals surface area (Å²) in [6.45, 7) is 2.04. The first-order valence-electron chi connectivity index (χ1n) is 12.1. The minimum absolute atomic E-state index is 0.000894. The van der Waals surface area contributed by atoms with Gasteiger partial charge in [-0.15, -0.1) is 11.3 Å². The van der Waals surface area contributed by atoms with E-state index >= 15 is 0 Å². The van der Waals surface area contributed by atoms with Gasteiger partial charge in [0.25, 0.3) is 0 Å². The molecule has 198 valence electrons. The number of likely N-dealkylation sites (tertiary alicyclic amines) is 1. The second-order valence-corrected chi connectivity index (χ2v) is 10.8. The number of halogens is 4. The van der Waals surface area contributed by atoms with Crippen LogP contribution < -0.4 is 0 Å². The maximum atomic E-state index is 15.0. The topological polar surface area (TPSA) is 78.7 Å². The number of alkyl halides is 3. The monoisotopic (exact) mass is 538 g/mol. The fourth-order valence-electron chi connectivity index (χ4n) is 5.42. The third-order valence-corrected chi connectivity index (χ3v) is 8.25. The minimum atomic E-state index is -4.54. The first kappa shape index (κ1) is 25.7. The van der Waals surface area contributed by atoms with Crippen molar-refractivity contribution in [2.45, 2.75) is 44.9 Å². The number of fused-ring (bicyclic) bond motifs is 3. The molecule has 12 heteroatoms. The van der Waals surface area contributed by atoms with Crippen LogP contribution in [-0.4, -0.2) is 62.5 Å².